The Balaban J connectivity index is 1.56. The molecule has 2 aliphatic rings. The summed E-state index contributed by atoms with van der Waals surface area (Å²) in [7, 11) is 0. The number of thiazole rings is 1. The van der Waals surface area contributed by atoms with Crippen molar-refractivity contribution in [2.75, 3.05) is 0 Å². The zero-order chi connectivity index (χ0) is 25.0. The van der Waals surface area contributed by atoms with Crippen molar-refractivity contribution in [2.45, 2.75) is 52.0 Å². The van der Waals surface area contributed by atoms with Crippen LogP contribution in [0.25, 0.3) is 21.8 Å². The lowest BCUT2D eigenvalue weighted by molar-refractivity contribution is 0.0906. The summed E-state index contributed by atoms with van der Waals surface area (Å²) in [6.45, 7) is 4.23. The fourth-order valence-electron chi connectivity index (χ4n) is 5.77. The van der Waals surface area contributed by atoms with Crippen molar-refractivity contribution < 1.29 is 4.79 Å². The minimum Gasteiger partial charge on any atom is -0.304 e. The van der Waals surface area contributed by atoms with Crippen LogP contribution in [0.15, 0.2) is 64.8 Å². The molecule has 0 fully saturated rings. The van der Waals surface area contributed by atoms with E-state index < -0.39 is 0 Å². The van der Waals surface area contributed by atoms with Gasteiger partial charge in [0.2, 0.25) is 0 Å². The first kappa shape index (κ1) is 23.4. The van der Waals surface area contributed by atoms with Gasteiger partial charge in [0.15, 0.2) is 5.78 Å². The topological polar surface area (TPSA) is 52.0 Å². The number of carbonyl (C=O) groups excluding carboxylic acids is 1. The van der Waals surface area contributed by atoms with E-state index in [1.54, 1.807) is 0 Å². The lowest BCUT2D eigenvalue weighted by atomic mass is 9.74. The third-order valence-electron chi connectivity index (χ3n) is 7.45. The maximum Gasteiger partial charge on any atom is 0.261 e. The molecule has 0 spiro atoms. The van der Waals surface area contributed by atoms with Crippen LogP contribution in [0, 0.1) is 5.41 Å². The molecule has 0 amide bonds. The zero-order valence-corrected chi connectivity index (χ0v) is 22.0. The summed E-state index contributed by atoms with van der Waals surface area (Å²) < 4.78 is 1.95. The summed E-state index contributed by atoms with van der Waals surface area (Å²) in [5.41, 5.74) is 6.05. The van der Waals surface area contributed by atoms with Gasteiger partial charge in [-0.3, -0.25) is 9.59 Å². The van der Waals surface area contributed by atoms with E-state index in [2.05, 4.69) is 32.0 Å². The molecule has 0 aliphatic heterocycles. The molecule has 2 aromatic carbocycles. The highest BCUT2D eigenvalue weighted by Crippen LogP contribution is 2.40. The van der Waals surface area contributed by atoms with E-state index in [0.29, 0.717) is 34.0 Å². The van der Waals surface area contributed by atoms with Crippen LogP contribution in [0.3, 0.4) is 0 Å². The van der Waals surface area contributed by atoms with E-state index in [1.807, 2.05) is 46.3 Å². The van der Waals surface area contributed by atoms with Gasteiger partial charge >= 0.3 is 0 Å². The Morgan fingerprint density at radius 1 is 1.03 bits per heavy atom. The Kier molecular flexibility index (Phi) is 5.73. The number of benzene rings is 2. The Morgan fingerprint density at radius 3 is 2.61 bits per heavy atom. The van der Waals surface area contributed by atoms with Crippen molar-refractivity contribution >= 4 is 28.7 Å². The van der Waals surface area contributed by atoms with Crippen molar-refractivity contribution in [3.63, 3.8) is 0 Å². The Morgan fingerprint density at radius 2 is 1.81 bits per heavy atom. The van der Waals surface area contributed by atoms with Crippen LogP contribution in [-0.2, 0) is 12.8 Å². The molecule has 2 aliphatic carbocycles. The second-order valence-electron chi connectivity index (χ2n) is 10.7. The van der Waals surface area contributed by atoms with Gasteiger partial charge in [0.05, 0.1) is 17.3 Å². The van der Waals surface area contributed by atoms with Crippen LogP contribution in [0.5, 0.6) is 0 Å². The van der Waals surface area contributed by atoms with Gasteiger partial charge < -0.3 is 4.57 Å². The smallest absolute Gasteiger partial charge is 0.261 e. The van der Waals surface area contributed by atoms with Gasteiger partial charge in [0.25, 0.3) is 5.56 Å². The maximum absolute atomic E-state index is 14.3. The molecule has 2 heterocycles. The number of carbonyl (C=O) groups is 1. The van der Waals surface area contributed by atoms with E-state index in [1.165, 1.54) is 22.5 Å². The first-order valence-electron chi connectivity index (χ1n) is 12.4. The molecule has 1 atom stereocenters. The van der Waals surface area contributed by atoms with Gasteiger partial charge in [-0.15, -0.1) is 11.3 Å². The predicted molar refractivity (Wildman–Crippen MR) is 146 cm³/mol. The van der Waals surface area contributed by atoms with Gasteiger partial charge in [-0.2, -0.15) is 0 Å². The maximum atomic E-state index is 14.3. The largest absolute Gasteiger partial charge is 0.304 e. The van der Waals surface area contributed by atoms with Crippen molar-refractivity contribution in [1.29, 1.82) is 0 Å². The molecule has 0 saturated carbocycles. The average Bonchev–Trinajstić information content (AvgIpc) is 3.33. The molecule has 0 bridgehead atoms. The zero-order valence-electron chi connectivity index (χ0n) is 20.4. The first-order chi connectivity index (χ1) is 17.3. The average molecular weight is 515 g/mol. The Hall–Kier alpha value is -3.02. The van der Waals surface area contributed by atoms with E-state index >= 15 is 0 Å². The summed E-state index contributed by atoms with van der Waals surface area (Å²) in [6, 6.07) is 17.7. The minimum absolute atomic E-state index is 0.0574. The second kappa shape index (κ2) is 8.82. The number of nitrogens with zero attached hydrogens (tertiary/aromatic N) is 2. The number of ketones is 1. The molecule has 0 N–H and O–H groups in total. The predicted octanol–water partition coefficient (Wildman–Crippen LogP) is 7.37. The van der Waals surface area contributed by atoms with E-state index in [9.17, 15) is 9.59 Å². The quantitative estimate of drug-likeness (QED) is 0.286. The summed E-state index contributed by atoms with van der Waals surface area (Å²) in [5, 5.41) is 3.27. The molecule has 0 saturated heterocycles. The van der Waals surface area contributed by atoms with Gasteiger partial charge in [0.1, 0.15) is 5.01 Å². The fraction of sp³-hybridized carbons (Fsp3) is 0.300. The van der Waals surface area contributed by atoms with E-state index in [0.717, 1.165) is 36.2 Å². The lowest BCUT2D eigenvalue weighted by Gasteiger charge is -2.36. The normalized spacial score (nSPS) is 18.5. The van der Waals surface area contributed by atoms with E-state index in [4.69, 9.17) is 16.6 Å². The third kappa shape index (κ3) is 4.04. The molecule has 4 nitrogen and oxygen atoms in total. The molecule has 6 heteroatoms. The molecule has 6 rings (SSSR count). The first-order valence-corrected chi connectivity index (χ1v) is 13.7. The molecular formula is C30H27ClN2O2S. The number of hydrogen-bond donors (Lipinski definition) is 0. The SMILES string of the molecule is CC1(C)CC(=O)c2cc(-c3nc(-c4ccc(Cl)cc4)cs3)c(=O)n(C3CCCc4ccccc43)c2C1. The summed E-state index contributed by atoms with van der Waals surface area (Å²) >= 11 is 7.50. The van der Waals surface area contributed by atoms with Crippen LogP contribution < -0.4 is 5.56 Å². The van der Waals surface area contributed by atoms with Crippen LogP contribution in [0.4, 0.5) is 0 Å². The van der Waals surface area contributed by atoms with Crippen molar-refractivity contribution in [2.24, 2.45) is 5.41 Å². The molecule has 2 aromatic heterocycles. The number of fused-ring (bicyclic) bond motifs is 2. The van der Waals surface area contributed by atoms with Crippen LogP contribution in [0.1, 0.15) is 66.3 Å². The molecule has 182 valence electrons. The molecule has 4 aromatic rings. The Labute approximate surface area is 219 Å². The highest BCUT2D eigenvalue weighted by atomic mass is 35.5. The molecule has 1 unspecified atom stereocenters. The van der Waals surface area contributed by atoms with Crippen LogP contribution in [0.2, 0.25) is 5.02 Å². The molecule has 36 heavy (non-hydrogen) atoms. The Bertz CT molecular complexity index is 1550. The van der Waals surface area contributed by atoms with E-state index in [-0.39, 0.29) is 22.8 Å². The summed E-state index contributed by atoms with van der Waals surface area (Å²) in [6.07, 6.45) is 4.10. The van der Waals surface area contributed by atoms with Gasteiger partial charge in [-0.05, 0) is 60.4 Å². The second-order valence-corrected chi connectivity index (χ2v) is 12.0. The van der Waals surface area contributed by atoms with Gasteiger partial charge in [0, 0.05) is 33.6 Å². The highest BCUT2D eigenvalue weighted by Gasteiger charge is 2.36. The van der Waals surface area contributed by atoms with Gasteiger partial charge in [-0.1, -0.05) is 61.8 Å². The summed E-state index contributed by atoms with van der Waals surface area (Å²) in [4.78, 5) is 32.5. The lowest BCUT2D eigenvalue weighted by Crippen LogP contribution is -2.38. The monoisotopic (exact) mass is 514 g/mol. The molecular weight excluding hydrogens is 488 g/mol. The third-order valence-corrected chi connectivity index (χ3v) is 8.58. The van der Waals surface area contributed by atoms with Crippen LogP contribution in [-0.4, -0.2) is 15.3 Å². The van der Waals surface area contributed by atoms with Crippen molar-refractivity contribution in [3.8, 4) is 21.8 Å². The number of pyridine rings is 1. The van der Waals surface area contributed by atoms with Crippen molar-refractivity contribution in [1.82, 2.24) is 9.55 Å². The van der Waals surface area contributed by atoms with Crippen LogP contribution >= 0.6 is 22.9 Å². The number of aryl methyl sites for hydroxylation is 1. The van der Waals surface area contributed by atoms with Gasteiger partial charge in [-0.25, -0.2) is 4.98 Å². The number of aromatic nitrogens is 2. The fourth-order valence-corrected chi connectivity index (χ4v) is 6.73. The standard InChI is InChI=1S/C30H27ClN2O2S/c1-30(2)15-26-22(27(34)16-30)14-23(28-32-24(17-36-28)19-10-12-20(31)13-11-19)29(35)33(26)25-9-5-7-18-6-3-4-8-21(18)25/h3-4,6,8,10-14,17,25H,5,7,9,15-16H2,1-2H3. The highest BCUT2D eigenvalue weighted by molar-refractivity contribution is 7.13. The molecule has 0 radical (unpaired) electrons. The number of rotatable bonds is 3. The van der Waals surface area contributed by atoms with Crippen molar-refractivity contribution in [3.05, 3.63) is 97.7 Å². The number of hydrogen-bond acceptors (Lipinski definition) is 4. The number of Topliss-reactive ketones (excluding diaryl/α,β-unsaturated/α-hetero) is 1. The number of halogens is 1. The minimum atomic E-state index is -0.184. The summed E-state index contributed by atoms with van der Waals surface area (Å²) in [5.74, 6) is 0.106.